The highest BCUT2D eigenvalue weighted by molar-refractivity contribution is 5.93. The number of nitrogens with zero attached hydrogens (tertiary/aromatic N) is 2. The molecule has 1 aromatic carbocycles. The van der Waals surface area contributed by atoms with Gasteiger partial charge in [-0.05, 0) is 61.9 Å². The molecule has 2 amide bonds. The fraction of sp³-hybridized carbons (Fsp3) is 0.500. The summed E-state index contributed by atoms with van der Waals surface area (Å²) < 4.78 is 5.07. The molecule has 0 bridgehead atoms. The molecule has 2 aliphatic rings. The Hall–Kier alpha value is -2.60. The maximum atomic E-state index is 12.7. The molecule has 0 saturated carbocycles. The molecule has 0 radical (unpaired) electrons. The van der Waals surface area contributed by atoms with Crippen LogP contribution in [0.3, 0.4) is 0 Å². The van der Waals surface area contributed by atoms with Gasteiger partial charge in [-0.3, -0.25) is 9.59 Å². The quantitative estimate of drug-likeness (QED) is 0.797. The first-order chi connectivity index (χ1) is 14.5. The molecule has 1 spiro atoms. The first kappa shape index (κ1) is 20.7. The Morgan fingerprint density at radius 1 is 1.20 bits per heavy atom. The third-order valence-corrected chi connectivity index (χ3v) is 6.70. The maximum Gasteiger partial charge on any atom is 0.257 e. The fourth-order valence-electron chi connectivity index (χ4n) is 5.10. The second-order valence-corrected chi connectivity index (χ2v) is 8.93. The van der Waals surface area contributed by atoms with E-state index in [4.69, 9.17) is 4.42 Å². The number of amides is 2. The van der Waals surface area contributed by atoms with Crippen LogP contribution < -0.4 is 5.32 Å². The van der Waals surface area contributed by atoms with Crippen LogP contribution in [0.5, 0.6) is 0 Å². The highest BCUT2D eigenvalue weighted by Crippen LogP contribution is 2.52. The van der Waals surface area contributed by atoms with Crippen LogP contribution in [0.25, 0.3) is 0 Å². The summed E-state index contributed by atoms with van der Waals surface area (Å²) in [5.74, 6) is 0.416. The molecule has 1 N–H and O–H groups in total. The zero-order valence-electron chi connectivity index (χ0n) is 17.9. The van der Waals surface area contributed by atoms with Crippen molar-refractivity contribution in [3.05, 3.63) is 59.5 Å². The summed E-state index contributed by atoms with van der Waals surface area (Å²) in [6.45, 7) is 2.99. The summed E-state index contributed by atoms with van der Waals surface area (Å²) in [6.07, 6.45) is 6.45. The molecule has 1 fully saturated rings. The van der Waals surface area contributed by atoms with Gasteiger partial charge < -0.3 is 19.5 Å². The van der Waals surface area contributed by atoms with E-state index in [-0.39, 0.29) is 23.1 Å². The average Bonchev–Trinajstić information content (AvgIpc) is 3.36. The van der Waals surface area contributed by atoms with Crippen molar-refractivity contribution in [1.82, 2.24) is 15.1 Å². The Labute approximate surface area is 178 Å². The van der Waals surface area contributed by atoms with Crippen molar-refractivity contribution in [2.45, 2.75) is 37.0 Å². The maximum absolute atomic E-state index is 12.7. The van der Waals surface area contributed by atoms with Gasteiger partial charge in [-0.25, -0.2) is 0 Å². The second kappa shape index (κ2) is 8.64. The molecule has 1 atom stereocenters. The number of fused-ring (bicyclic) bond motifs is 2. The number of likely N-dealkylation sites (N-methyl/N-ethyl adjacent to an activating group) is 1. The molecule has 160 valence electrons. The van der Waals surface area contributed by atoms with Crippen LogP contribution >= 0.6 is 0 Å². The molecular weight excluding hydrogens is 378 g/mol. The zero-order chi connectivity index (χ0) is 21.1. The topological polar surface area (TPSA) is 65.8 Å². The zero-order valence-corrected chi connectivity index (χ0v) is 17.9. The molecule has 6 nitrogen and oxygen atoms in total. The number of furan rings is 1. The number of hydrogen-bond acceptors (Lipinski definition) is 4. The van der Waals surface area contributed by atoms with Crippen molar-refractivity contribution in [3.63, 3.8) is 0 Å². The number of nitrogens with one attached hydrogen (secondary N) is 1. The Morgan fingerprint density at radius 2 is 1.97 bits per heavy atom. The Kier molecular flexibility index (Phi) is 5.95. The van der Waals surface area contributed by atoms with Gasteiger partial charge in [0, 0.05) is 32.6 Å². The van der Waals surface area contributed by atoms with Crippen LogP contribution in [0.15, 0.2) is 47.3 Å². The highest BCUT2D eigenvalue weighted by Gasteiger charge is 2.46. The minimum Gasteiger partial charge on any atom is -0.472 e. The summed E-state index contributed by atoms with van der Waals surface area (Å²) in [5, 5.41) is 3.06. The van der Waals surface area contributed by atoms with Gasteiger partial charge in [0.05, 0.1) is 11.8 Å². The van der Waals surface area contributed by atoms with Crippen LogP contribution in [0, 0.1) is 0 Å². The molecule has 6 heteroatoms. The van der Waals surface area contributed by atoms with Crippen molar-refractivity contribution >= 4 is 11.8 Å². The monoisotopic (exact) mass is 409 g/mol. The lowest BCUT2D eigenvalue weighted by molar-refractivity contribution is -0.121. The van der Waals surface area contributed by atoms with Crippen molar-refractivity contribution in [3.8, 4) is 0 Å². The van der Waals surface area contributed by atoms with E-state index in [1.807, 2.05) is 19.0 Å². The Balaban J connectivity index is 1.43. The van der Waals surface area contributed by atoms with E-state index in [9.17, 15) is 9.59 Å². The molecule has 1 aromatic heterocycles. The summed E-state index contributed by atoms with van der Waals surface area (Å²) in [6, 6.07) is 10.3. The SMILES string of the molecule is CN(C)CCNC(=O)CC1CC2(CCN(C(=O)c3ccoc3)CC2)c2ccccc21. The Morgan fingerprint density at radius 3 is 2.67 bits per heavy atom. The van der Waals surface area contributed by atoms with Gasteiger partial charge in [0.25, 0.3) is 5.91 Å². The summed E-state index contributed by atoms with van der Waals surface area (Å²) >= 11 is 0. The van der Waals surface area contributed by atoms with Crippen molar-refractivity contribution < 1.29 is 14.0 Å². The molecule has 1 aliphatic heterocycles. The van der Waals surface area contributed by atoms with Gasteiger partial charge in [0.2, 0.25) is 5.91 Å². The number of carbonyl (C=O) groups excluding carboxylic acids is 2. The Bertz CT molecular complexity index is 883. The molecule has 30 heavy (non-hydrogen) atoms. The molecular formula is C24H31N3O3. The molecule has 4 rings (SSSR count). The van der Waals surface area contributed by atoms with Gasteiger partial charge >= 0.3 is 0 Å². The van der Waals surface area contributed by atoms with Crippen LogP contribution in [0.4, 0.5) is 0 Å². The third-order valence-electron chi connectivity index (χ3n) is 6.70. The van der Waals surface area contributed by atoms with Gasteiger partial charge in [-0.1, -0.05) is 24.3 Å². The van der Waals surface area contributed by atoms with Crippen molar-refractivity contribution in [1.29, 1.82) is 0 Å². The van der Waals surface area contributed by atoms with Gasteiger partial charge in [-0.15, -0.1) is 0 Å². The fourth-order valence-corrected chi connectivity index (χ4v) is 5.10. The van der Waals surface area contributed by atoms with E-state index in [0.29, 0.717) is 18.5 Å². The molecule has 1 unspecified atom stereocenters. The first-order valence-corrected chi connectivity index (χ1v) is 10.8. The number of hydrogen-bond donors (Lipinski definition) is 1. The van der Waals surface area contributed by atoms with Gasteiger partial charge in [0.15, 0.2) is 0 Å². The van der Waals surface area contributed by atoms with Gasteiger partial charge in [-0.2, -0.15) is 0 Å². The lowest BCUT2D eigenvalue weighted by Gasteiger charge is -2.40. The smallest absolute Gasteiger partial charge is 0.257 e. The largest absolute Gasteiger partial charge is 0.472 e. The molecule has 1 saturated heterocycles. The molecule has 2 heterocycles. The minimum atomic E-state index is 0.0432. The predicted octanol–water partition coefficient (Wildman–Crippen LogP) is 3.01. The molecule has 1 aliphatic carbocycles. The lowest BCUT2D eigenvalue weighted by Crippen LogP contribution is -2.44. The van der Waals surface area contributed by atoms with Crippen LogP contribution in [-0.2, 0) is 10.2 Å². The first-order valence-electron chi connectivity index (χ1n) is 10.8. The summed E-state index contributed by atoms with van der Waals surface area (Å²) in [5.41, 5.74) is 3.38. The standard InChI is InChI=1S/C24H31N3O3/c1-26(2)13-10-25-22(28)15-19-16-24(21-6-4-3-5-20(19)21)8-11-27(12-9-24)23(29)18-7-14-30-17-18/h3-7,14,17,19H,8-13,15-16H2,1-2H3,(H,25,28). The van der Waals surface area contributed by atoms with Crippen LogP contribution in [-0.4, -0.2) is 61.9 Å². The van der Waals surface area contributed by atoms with Crippen LogP contribution in [0.1, 0.15) is 53.1 Å². The number of rotatable bonds is 6. The minimum absolute atomic E-state index is 0.0432. The van der Waals surface area contributed by atoms with Crippen molar-refractivity contribution in [2.24, 2.45) is 0 Å². The van der Waals surface area contributed by atoms with Crippen LogP contribution in [0.2, 0.25) is 0 Å². The van der Waals surface area contributed by atoms with E-state index < -0.39 is 0 Å². The van der Waals surface area contributed by atoms with E-state index in [0.717, 1.165) is 38.9 Å². The predicted molar refractivity (Wildman–Crippen MR) is 116 cm³/mol. The van der Waals surface area contributed by atoms with E-state index in [2.05, 4.69) is 34.5 Å². The number of benzene rings is 1. The summed E-state index contributed by atoms with van der Waals surface area (Å²) in [7, 11) is 4.01. The van der Waals surface area contributed by atoms with E-state index >= 15 is 0 Å². The lowest BCUT2D eigenvalue weighted by atomic mass is 9.73. The number of piperidine rings is 1. The van der Waals surface area contributed by atoms with Crippen molar-refractivity contribution in [2.75, 3.05) is 40.3 Å². The molecule has 2 aromatic rings. The van der Waals surface area contributed by atoms with E-state index in [1.54, 1.807) is 12.3 Å². The number of likely N-dealkylation sites (tertiary alicyclic amines) is 1. The highest BCUT2D eigenvalue weighted by atomic mass is 16.3. The normalized spacial score (nSPS) is 19.8. The van der Waals surface area contributed by atoms with Gasteiger partial charge in [0.1, 0.15) is 6.26 Å². The van der Waals surface area contributed by atoms with E-state index in [1.165, 1.54) is 17.4 Å². The number of carbonyl (C=O) groups is 2. The average molecular weight is 410 g/mol. The second-order valence-electron chi connectivity index (χ2n) is 8.93. The summed E-state index contributed by atoms with van der Waals surface area (Å²) in [4.78, 5) is 29.2. The third kappa shape index (κ3) is 4.15.